The maximum absolute atomic E-state index is 10.5. The van der Waals surface area contributed by atoms with E-state index in [-0.39, 0.29) is 5.69 Å². The Morgan fingerprint density at radius 2 is 2.08 bits per heavy atom. The highest BCUT2D eigenvalue weighted by atomic mass is 16.6. The molecule has 0 aliphatic heterocycles. The second kappa shape index (κ2) is 2.84. The van der Waals surface area contributed by atoms with Crippen molar-refractivity contribution in [1.29, 1.82) is 0 Å². The summed E-state index contributed by atoms with van der Waals surface area (Å²) in [7, 11) is 1.47. The maximum Gasteiger partial charge on any atom is 0.296 e. The molecule has 1 heterocycles. The summed E-state index contributed by atoms with van der Waals surface area (Å²) < 4.78 is 4.90. The third kappa shape index (κ3) is 1.13. The van der Waals surface area contributed by atoms with Crippen LogP contribution < -0.4 is 4.74 Å². The smallest absolute Gasteiger partial charge is 0.296 e. The number of aryl methyl sites for hydroxylation is 1. The predicted molar refractivity (Wildman–Crippen MR) is 43.5 cm³/mol. The summed E-state index contributed by atoms with van der Waals surface area (Å²) in [4.78, 5) is 12.9. The Labute approximate surface area is 69.5 Å². The molecule has 66 valence electrons. The van der Waals surface area contributed by atoms with Crippen LogP contribution in [0.3, 0.4) is 0 Å². The molecule has 1 aromatic rings. The van der Waals surface area contributed by atoms with Crippen LogP contribution in [0.15, 0.2) is 0 Å². The van der Waals surface area contributed by atoms with Gasteiger partial charge in [-0.2, -0.15) is 0 Å². The lowest BCUT2D eigenvalue weighted by Crippen LogP contribution is -1.90. The number of H-pyrrole nitrogens is 1. The first-order valence-electron chi connectivity index (χ1n) is 3.45. The van der Waals surface area contributed by atoms with Crippen molar-refractivity contribution in [1.82, 2.24) is 4.98 Å². The summed E-state index contributed by atoms with van der Waals surface area (Å²) in [6.45, 7) is 3.30. The molecule has 1 aromatic heterocycles. The van der Waals surface area contributed by atoms with Gasteiger partial charge in [0.25, 0.3) is 5.69 Å². The fraction of sp³-hybridized carbons (Fsp3) is 0.429. The first-order valence-corrected chi connectivity index (χ1v) is 3.45. The van der Waals surface area contributed by atoms with Crippen LogP contribution in [0.5, 0.6) is 5.88 Å². The Kier molecular flexibility index (Phi) is 2.03. The molecule has 0 saturated heterocycles. The standard InChI is InChI=1S/C7H10N2O3/c1-4-6(9(10)11)5(2)8-7(4)12-3/h8H,1-3H3. The summed E-state index contributed by atoms with van der Waals surface area (Å²) >= 11 is 0. The number of rotatable bonds is 2. The predicted octanol–water partition coefficient (Wildman–Crippen LogP) is 1.55. The SMILES string of the molecule is COc1[nH]c(C)c([N+](=O)[O-])c1C. The van der Waals surface area contributed by atoms with Crippen LogP contribution in [0.1, 0.15) is 11.3 Å². The average Bonchev–Trinajstić information content (AvgIpc) is 2.25. The van der Waals surface area contributed by atoms with E-state index in [0.29, 0.717) is 17.1 Å². The van der Waals surface area contributed by atoms with E-state index < -0.39 is 4.92 Å². The molecule has 5 nitrogen and oxygen atoms in total. The highest BCUT2D eigenvalue weighted by Crippen LogP contribution is 2.30. The molecule has 0 spiro atoms. The van der Waals surface area contributed by atoms with Gasteiger partial charge in [0.15, 0.2) is 0 Å². The minimum Gasteiger partial charge on any atom is -0.482 e. The van der Waals surface area contributed by atoms with Crippen molar-refractivity contribution in [3.8, 4) is 5.88 Å². The molecule has 1 N–H and O–H groups in total. The van der Waals surface area contributed by atoms with E-state index in [1.807, 2.05) is 0 Å². The largest absolute Gasteiger partial charge is 0.482 e. The molecule has 0 amide bonds. The molecule has 0 radical (unpaired) electrons. The molecule has 0 bridgehead atoms. The Balaban J connectivity index is 3.28. The summed E-state index contributed by atoms with van der Waals surface area (Å²) in [5.41, 5.74) is 1.17. The first kappa shape index (κ1) is 8.58. The van der Waals surface area contributed by atoms with E-state index in [4.69, 9.17) is 4.74 Å². The molecule has 0 unspecified atom stereocenters. The van der Waals surface area contributed by atoms with E-state index in [9.17, 15) is 10.1 Å². The van der Waals surface area contributed by atoms with Gasteiger partial charge in [0.2, 0.25) is 5.88 Å². The van der Waals surface area contributed by atoms with Gasteiger partial charge in [0.05, 0.1) is 23.3 Å². The number of nitrogens with zero attached hydrogens (tertiary/aromatic N) is 1. The number of aromatic nitrogens is 1. The number of hydrogen-bond donors (Lipinski definition) is 1. The molecule has 0 aliphatic carbocycles. The third-order valence-corrected chi connectivity index (χ3v) is 1.74. The zero-order valence-electron chi connectivity index (χ0n) is 7.17. The van der Waals surface area contributed by atoms with Crippen LogP contribution in [-0.2, 0) is 0 Å². The van der Waals surface area contributed by atoms with Gasteiger partial charge in [0.1, 0.15) is 0 Å². The molecular formula is C7H10N2O3. The Morgan fingerprint density at radius 1 is 1.50 bits per heavy atom. The minimum atomic E-state index is -0.413. The molecule has 0 atom stereocenters. The van der Waals surface area contributed by atoms with Crippen LogP contribution in [0.2, 0.25) is 0 Å². The number of aromatic amines is 1. The number of nitro groups is 1. The van der Waals surface area contributed by atoms with Crippen molar-refractivity contribution >= 4 is 5.69 Å². The highest BCUT2D eigenvalue weighted by Gasteiger charge is 2.21. The summed E-state index contributed by atoms with van der Waals surface area (Å²) in [6, 6.07) is 0. The van der Waals surface area contributed by atoms with Gasteiger partial charge < -0.3 is 9.72 Å². The number of methoxy groups -OCH3 is 1. The first-order chi connectivity index (χ1) is 5.57. The summed E-state index contributed by atoms with van der Waals surface area (Å²) in [5, 5.41) is 10.5. The van der Waals surface area contributed by atoms with Crippen molar-refractivity contribution in [2.75, 3.05) is 7.11 Å². The van der Waals surface area contributed by atoms with E-state index in [2.05, 4.69) is 4.98 Å². The minimum absolute atomic E-state index is 0.104. The molecule has 0 aliphatic rings. The molecule has 0 saturated carbocycles. The molecular weight excluding hydrogens is 160 g/mol. The zero-order chi connectivity index (χ0) is 9.30. The van der Waals surface area contributed by atoms with Gasteiger partial charge in [-0.3, -0.25) is 10.1 Å². The lowest BCUT2D eigenvalue weighted by Gasteiger charge is -1.93. The fourth-order valence-corrected chi connectivity index (χ4v) is 1.19. The number of hydrogen-bond acceptors (Lipinski definition) is 3. The fourth-order valence-electron chi connectivity index (χ4n) is 1.19. The van der Waals surface area contributed by atoms with Crippen LogP contribution in [0.25, 0.3) is 0 Å². The monoisotopic (exact) mass is 170 g/mol. The topological polar surface area (TPSA) is 68.2 Å². The van der Waals surface area contributed by atoms with E-state index >= 15 is 0 Å². The van der Waals surface area contributed by atoms with Gasteiger partial charge in [-0.05, 0) is 13.8 Å². The second-order valence-electron chi connectivity index (χ2n) is 2.51. The van der Waals surface area contributed by atoms with Crippen LogP contribution in [0, 0.1) is 24.0 Å². The van der Waals surface area contributed by atoms with Crippen molar-refractivity contribution in [3.63, 3.8) is 0 Å². The Morgan fingerprint density at radius 3 is 2.33 bits per heavy atom. The summed E-state index contributed by atoms with van der Waals surface area (Å²) in [5.74, 6) is 0.458. The molecule has 0 fully saturated rings. The van der Waals surface area contributed by atoms with Crippen LogP contribution in [0.4, 0.5) is 5.69 Å². The van der Waals surface area contributed by atoms with Gasteiger partial charge in [-0.25, -0.2) is 0 Å². The average molecular weight is 170 g/mol. The van der Waals surface area contributed by atoms with Gasteiger partial charge in [0, 0.05) is 0 Å². The van der Waals surface area contributed by atoms with Crippen molar-refractivity contribution in [3.05, 3.63) is 21.4 Å². The third-order valence-electron chi connectivity index (χ3n) is 1.74. The van der Waals surface area contributed by atoms with Gasteiger partial charge >= 0.3 is 0 Å². The summed E-state index contributed by atoms with van der Waals surface area (Å²) in [6.07, 6.45) is 0. The molecule has 5 heteroatoms. The number of ether oxygens (including phenoxy) is 1. The molecule has 12 heavy (non-hydrogen) atoms. The number of nitrogens with one attached hydrogen (secondary N) is 1. The Bertz CT molecular complexity index is 317. The second-order valence-corrected chi connectivity index (χ2v) is 2.51. The van der Waals surface area contributed by atoms with Crippen LogP contribution >= 0.6 is 0 Å². The van der Waals surface area contributed by atoms with E-state index in [1.54, 1.807) is 13.8 Å². The quantitative estimate of drug-likeness (QED) is 0.540. The normalized spacial score (nSPS) is 9.92. The Hall–Kier alpha value is -1.52. The van der Waals surface area contributed by atoms with Gasteiger partial charge in [-0.15, -0.1) is 0 Å². The van der Waals surface area contributed by atoms with Gasteiger partial charge in [-0.1, -0.05) is 0 Å². The molecule has 1 rings (SSSR count). The van der Waals surface area contributed by atoms with Crippen molar-refractivity contribution < 1.29 is 9.66 Å². The van der Waals surface area contributed by atoms with E-state index in [0.717, 1.165) is 0 Å². The molecule has 0 aromatic carbocycles. The van der Waals surface area contributed by atoms with Crippen LogP contribution in [-0.4, -0.2) is 17.0 Å². The zero-order valence-corrected chi connectivity index (χ0v) is 7.17. The highest BCUT2D eigenvalue weighted by molar-refractivity contribution is 5.50. The van der Waals surface area contributed by atoms with E-state index in [1.165, 1.54) is 7.11 Å². The lowest BCUT2D eigenvalue weighted by molar-refractivity contribution is -0.385. The van der Waals surface area contributed by atoms with Crippen molar-refractivity contribution in [2.45, 2.75) is 13.8 Å². The maximum atomic E-state index is 10.5. The lowest BCUT2D eigenvalue weighted by atomic mass is 10.3. The van der Waals surface area contributed by atoms with Crippen molar-refractivity contribution in [2.24, 2.45) is 0 Å².